The van der Waals surface area contributed by atoms with Crippen LogP contribution in [0.25, 0.3) is 0 Å². The number of aromatic hydroxyl groups is 1. The predicted molar refractivity (Wildman–Crippen MR) is 137 cm³/mol. The van der Waals surface area contributed by atoms with E-state index in [1.807, 2.05) is 0 Å². The number of hydrogen-bond donors (Lipinski definition) is 5. The van der Waals surface area contributed by atoms with Crippen molar-refractivity contribution in [1.29, 1.82) is 0 Å². The molecule has 3 rings (SSSR count). The Hall–Kier alpha value is -3.67. The highest BCUT2D eigenvalue weighted by Gasteiger charge is 2.43. The molecule has 0 spiro atoms. The summed E-state index contributed by atoms with van der Waals surface area (Å²) in [6.07, 6.45) is 2.00. The van der Waals surface area contributed by atoms with Gasteiger partial charge in [-0.15, -0.1) is 0 Å². The minimum absolute atomic E-state index is 0.0497. The smallest absolute Gasteiger partial charge is 0.326 e. The van der Waals surface area contributed by atoms with E-state index >= 15 is 0 Å². The molecule has 4 amide bonds. The molecule has 2 saturated heterocycles. The van der Waals surface area contributed by atoms with E-state index in [1.165, 1.54) is 21.9 Å². The second-order valence-electron chi connectivity index (χ2n) is 10.2. The van der Waals surface area contributed by atoms with Gasteiger partial charge in [-0.2, -0.15) is 0 Å². The van der Waals surface area contributed by atoms with E-state index in [0.29, 0.717) is 44.3 Å². The summed E-state index contributed by atoms with van der Waals surface area (Å²) in [5.41, 5.74) is 6.49. The van der Waals surface area contributed by atoms with Gasteiger partial charge in [-0.25, -0.2) is 4.79 Å². The number of carboxylic acid groups (broad SMARTS) is 1. The maximum Gasteiger partial charge on any atom is 0.326 e. The van der Waals surface area contributed by atoms with Crippen molar-refractivity contribution in [3.05, 3.63) is 29.8 Å². The zero-order valence-electron chi connectivity index (χ0n) is 21.8. The minimum Gasteiger partial charge on any atom is -0.508 e. The summed E-state index contributed by atoms with van der Waals surface area (Å²) in [7, 11) is 0. The number of nitrogens with zero attached hydrogens (tertiary/aromatic N) is 2. The van der Waals surface area contributed by atoms with Crippen molar-refractivity contribution in [2.75, 3.05) is 19.6 Å². The summed E-state index contributed by atoms with van der Waals surface area (Å²) in [5.74, 6) is -3.09. The van der Waals surface area contributed by atoms with Crippen LogP contribution < -0.4 is 16.4 Å². The van der Waals surface area contributed by atoms with Crippen LogP contribution in [0.1, 0.15) is 45.1 Å². The Morgan fingerprint density at radius 1 is 1.00 bits per heavy atom. The van der Waals surface area contributed by atoms with Crippen molar-refractivity contribution >= 4 is 29.6 Å². The van der Waals surface area contributed by atoms with Gasteiger partial charge < -0.3 is 36.4 Å². The first-order valence-electron chi connectivity index (χ1n) is 12.9. The van der Waals surface area contributed by atoms with Crippen LogP contribution in [0.15, 0.2) is 24.3 Å². The van der Waals surface area contributed by atoms with Crippen LogP contribution in [0.4, 0.5) is 0 Å². The number of phenols is 1. The molecule has 0 saturated carbocycles. The third kappa shape index (κ3) is 7.00. The van der Waals surface area contributed by atoms with Gasteiger partial charge in [-0.1, -0.05) is 26.0 Å². The number of nitrogens with one attached hydrogen (secondary N) is 2. The Bertz CT molecular complexity index is 1040. The lowest BCUT2D eigenvalue weighted by molar-refractivity contribution is -0.152. The summed E-state index contributed by atoms with van der Waals surface area (Å²) in [4.78, 5) is 66.3. The van der Waals surface area contributed by atoms with Crippen molar-refractivity contribution in [3.63, 3.8) is 0 Å². The second kappa shape index (κ2) is 12.7. The third-order valence-corrected chi connectivity index (χ3v) is 7.10. The molecule has 2 fully saturated rings. The number of likely N-dealkylation sites (tertiary alicyclic amines) is 2. The van der Waals surface area contributed by atoms with E-state index < -0.39 is 53.8 Å². The summed E-state index contributed by atoms with van der Waals surface area (Å²) in [5, 5.41) is 24.2. The van der Waals surface area contributed by atoms with Crippen LogP contribution >= 0.6 is 0 Å². The molecule has 0 bridgehead atoms. The molecule has 12 heteroatoms. The van der Waals surface area contributed by atoms with Gasteiger partial charge in [-0.05, 0) is 49.3 Å². The van der Waals surface area contributed by atoms with Crippen molar-refractivity contribution in [2.45, 2.75) is 70.1 Å². The Morgan fingerprint density at radius 3 is 2.21 bits per heavy atom. The number of rotatable bonds is 10. The average Bonchev–Trinajstić information content (AvgIpc) is 3.57. The molecule has 2 aliphatic rings. The van der Waals surface area contributed by atoms with Gasteiger partial charge in [-0.3, -0.25) is 19.2 Å². The van der Waals surface area contributed by atoms with Crippen molar-refractivity contribution in [3.8, 4) is 5.75 Å². The summed E-state index contributed by atoms with van der Waals surface area (Å²) < 4.78 is 0. The van der Waals surface area contributed by atoms with Crippen LogP contribution in [0.2, 0.25) is 0 Å². The number of phenolic OH excluding ortho intramolecular Hbond substituents is 1. The van der Waals surface area contributed by atoms with Crippen LogP contribution in [-0.2, 0) is 30.4 Å². The fourth-order valence-electron chi connectivity index (χ4n) is 4.87. The van der Waals surface area contributed by atoms with Gasteiger partial charge in [0.15, 0.2) is 0 Å². The monoisotopic (exact) mass is 531 g/mol. The molecule has 1 aromatic rings. The highest BCUT2D eigenvalue weighted by molar-refractivity contribution is 5.95. The maximum absolute atomic E-state index is 13.7. The zero-order chi connectivity index (χ0) is 28.0. The maximum atomic E-state index is 13.7. The number of nitrogens with two attached hydrogens (primary N) is 1. The molecule has 0 aromatic heterocycles. The van der Waals surface area contributed by atoms with Gasteiger partial charge >= 0.3 is 5.97 Å². The molecule has 0 unspecified atom stereocenters. The fourth-order valence-corrected chi connectivity index (χ4v) is 4.87. The number of hydrogen-bond acceptors (Lipinski definition) is 7. The molecular formula is C26H37N5O7. The van der Waals surface area contributed by atoms with E-state index in [1.54, 1.807) is 26.0 Å². The molecule has 208 valence electrons. The van der Waals surface area contributed by atoms with Crippen LogP contribution in [0.3, 0.4) is 0 Å². The molecule has 2 heterocycles. The molecule has 0 aliphatic carbocycles. The Morgan fingerprint density at radius 2 is 1.61 bits per heavy atom. The third-order valence-electron chi connectivity index (χ3n) is 7.10. The van der Waals surface area contributed by atoms with Crippen LogP contribution in [-0.4, -0.2) is 93.4 Å². The Kier molecular flexibility index (Phi) is 9.67. The molecule has 1 aromatic carbocycles. The predicted octanol–water partition coefficient (Wildman–Crippen LogP) is -0.414. The van der Waals surface area contributed by atoms with E-state index in [9.17, 15) is 34.2 Å². The van der Waals surface area contributed by atoms with Gasteiger partial charge in [0.2, 0.25) is 23.6 Å². The number of amides is 4. The second-order valence-corrected chi connectivity index (χ2v) is 10.2. The molecule has 4 atom stereocenters. The first kappa shape index (κ1) is 28.9. The standard InChI is InChI=1S/C26H37N5O7/c1-15(2)22(27)23(34)28-14-21(33)29-18(13-16-7-9-17(32)10-8-16)24(35)30-11-3-5-19(30)25(36)31-12-4-6-20(31)26(37)38/h7-10,15,18-20,22,32H,3-6,11-14,27H2,1-2H3,(H,28,34)(H,29,33)(H,37,38)/t18-,19-,20-,22-/m0/s1. The largest absolute Gasteiger partial charge is 0.508 e. The quantitative estimate of drug-likeness (QED) is 0.270. The molecule has 6 N–H and O–H groups in total. The number of benzene rings is 1. The van der Waals surface area contributed by atoms with Crippen LogP contribution in [0.5, 0.6) is 5.75 Å². The highest BCUT2D eigenvalue weighted by Crippen LogP contribution is 2.26. The van der Waals surface area contributed by atoms with Gasteiger partial charge in [0.25, 0.3) is 0 Å². The summed E-state index contributed by atoms with van der Waals surface area (Å²) in [6, 6.07) is 2.62. The molecule has 38 heavy (non-hydrogen) atoms. The normalized spacial score (nSPS) is 20.7. The average molecular weight is 532 g/mol. The number of carbonyl (C=O) groups excluding carboxylic acids is 4. The van der Waals surface area contributed by atoms with Crippen LogP contribution in [0, 0.1) is 5.92 Å². The lowest BCUT2D eigenvalue weighted by Gasteiger charge is -2.32. The van der Waals surface area contributed by atoms with Crippen molar-refractivity contribution in [2.24, 2.45) is 11.7 Å². The first-order valence-corrected chi connectivity index (χ1v) is 12.9. The van der Waals surface area contributed by atoms with Crippen molar-refractivity contribution < 1.29 is 34.2 Å². The fraction of sp³-hybridized carbons (Fsp3) is 0.577. The lowest BCUT2D eigenvalue weighted by Crippen LogP contribution is -2.57. The SMILES string of the molecule is CC(C)[C@H](N)C(=O)NCC(=O)N[C@@H](Cc1ccc(O)cc1)C(=O)N1CCC[C@H]1C(=O)N1CCC[C@H]1C(=O)O. The van der Waals surface area contributed by atoms with E-state index in [0.717, 1.165) is 0 Å². The van der Waals surface area contributed by atoms with Gasteiger partial charge in [0, 0.05) is 19.5 Å². The van der Waals surface area contributed by atoms with Gasteiger partial charge in [0.05, 0.1) is 12.6 Å². The molecular weight excluding hydrogens is 494 g/mol. The van der Waals surface area contributed by atoms with E-state index in [4.69, 9.17) is 5.73 Å². The number of aliphatic carboxylic acids is 1. The lowest BCUT2D eigenvalue weighted by atomic mass is 10.0. The van der Waals surface area contributed by atoms with E-state index in [-0.39, 0.29) is 24.6 Å². The minimum atomic E-state index is -1.07. The number of carbonyl (C=O) groups is 5. The Labute approximate surface area is 221 Å². The summed E-state index contributed by atoms with van der Waals surface area (Å²) in [6.45, 7) is 3.80. The zero-order valence-corrected chi connectivity index (χ0v) is 21.8. The topological polar surface area (TPSA) is 182 Å². The molecule has 12 nitrogen and oxygen atoms in total. The summed E-state index contributed by atoms with van der Waals surface area (Å²) >= 11 is 0. The molecule has 0 radical (unpaired) electrons. The van der Waals surface area contributed by atoms with Gasteiger partial charge in [0.1, 0.15) is 23.9 Å². The van der Waals surface area contributed by atoms with E-state index in [2.05, 4.69) is 10.6 Å². The Balaban J connectivity index is 1.75. The molecule has 2 aliphatic heterocycles. The van der Waals surface area contributed by atoms with Crippen molar-refractivity contribution in [1.82, 2.24) is 20.4 Å². The first-order chi connectivity index (χ1) is 18.0. The highest BCUT2D eigenvalue weighted by atomic mass is 16.4. The number of carboxylic acids is 1.